The number of thiocarbonyl (C=S) groups is 1. The van der Waals surface area contributed by atoms with E-state index in [0.717, 1.165) is 42.8 Å². The van der Waals surface area contributed by atoms with Gasteiger partial charge in [0.15, 0.2) is 5.11 Å². The fraction of sp³-hybridized carbons (Fsp3) is 0.462. The highest BCUT2D eigenvalue weighted by atomic mass is 79.9. The average Bonchev–Trinajstić information content (AvgIpc) is 2.36. The Kier molecular flexibility index (Phi) is 7.96. The van der Waals surface area contributed by atoms with Crippen molar-refractivity contribution in [3.8, 4) is 0 Å². The Labute approximate surface area is 122 Å². The highest BCUT2D eigenvalue weighted by Gasteiger charge is 1.97. The smallest absolute Gasteiger partial charge is 0.170 e. The van der Waals surface area contributed by atoms with Crippen LogP contribution in [0, 0.1) is 0 Å². The molecule has 0 aliphatic heterocycles. The Morgan fingerprint density at radius 3 is 2.67 bits per heavy atom. The molecule has 0 saturated heterocycles. The fourth-order valence-electron chi connectivity index (χ4n) is 1.33. The van der Waals surface area contributed by atoms with Gasteiger partial charge in [0, 0.05) is 29.9 Å². The van der Waals surface area contributed by atoms with Crippen LogP contribution in [-0.4, -0.2) is 24.9 Å². The molecule has 0 unspecified atom stereocenters. The van der Waals surface area contributed by atoms with Gasteiger partial charge in [0.25, 0.3) is 0 Å². The Balaban J connectivity index is 2.12. The summed E-state index contributed by atoms with van der Waals surface area (Å²) in [6.07, 6.45) is 2.03. The van der Waals surface area contributed by atoms with Crippen molar-refractivity contribution in [1.82, 2.24) is 5.32 Å². The van der Waals surface area contributed by atoms with Gasteiger partial charge in [-0.05, 0) is 49.3 Å². The molecule has 100 valence electrons. The Hall–Kier alpha value is -0.650. The van der Waals surface area contributed by atoms with E-state index in [2.05, 4.69) is 33.5 Å². The molecular weight excluding hydrogens is 312 g/mol. The number of anilines is 1. The fourth-order valence-corrected chi connectivity index (χ4v) is 1.82. The van der Waals surface area contributed by atoms with Gasteiger partial charge in [-0.15, -0.1) is 0 Å². The first-order chi connectivity index (χ1) is 8.72. The summed E-state index contributed by atoms with van der Waals surface area (Å²) < 4.78 is 6.44. The van der Waals surface area contributed by atoms with Gasteiger partial charge in [0.1, 0.15) is 0 Å². The Morgan fingerprint density at radius 2 is 2.00 bits per heavy atom. The summed E-state index contributed by atoms with van der Waals surface area (Å²) in [6.45, 7) is 4.55. The molecule has 0 aliphatic rings. The lowest BCUT2D eigenvalue weighted by Crippen LogP contribution is -2.29. The van der Waals surface area contributed by atoms with E-state index in [1.54, 1.807) is 0 Å². The van der Waals surface area contributed by atoms with Crippen LogP contribution in [0.15, 0.2) is 28.7 Å². The maximum absolute atomic E-state index is 5.39. The summed E-state index contributed by atoms with van der Waals surface area (Å²) in [6, 6.07) is 7.90. The van der Waals surface area contributed by atoms with E-state index in [0.29, 0.717) is 5.11 Å². The molecule has 0 aromatic heterocycles. The minimum atomic E-state index is 0.646. The van der Waals surface area contributed by atoms with E-state index in [9.17, 15) is 0 Å². The minimum Gasteiger partial charge on any atom is -0.381 e. The zero-order valence-electron chi connectivity index (χ0n) is 10.5. The Morgan fingerprint density at radius 1 is 1.28 bits per heavy atom. The van der Waals surface area contributed by atoms with Gasteiger partial charge in [-0.3, -0.25) is 0 Å². The van der Waals surface area contributed by atoms with Gasteiger partial charge < -0.3 is 15.4 Å². The maximum atomic E-state index is 5.39. The summed E-state index contributed by atoms with van der Waals surface area (Å²) in [7, 11) is 0. The second-order valence-corrected chi connectivity index (χ2v) is 5.18. The molecule has 1 aromatic rings. The summed E-state index contributed by atoms with van der Waals surface area (Å²) in [5, 5.41) is 6.93. The lowest BCUT2D eigenvalue weighted by Gasteiger charge is -2.10. The van der Waals surface area contributed by atoms with Crippen molar-refractivity contribution >= 4 is 38.9 Å². The third-order valence-corrected chi connectivity index (χ3v) is 2.98. The van der Waals surface area contributed by atoms with Crippen LogP contribution in [0.25, 0.3) is 0 Å². The topological polar surface area (TPSA) is 33.3 Å². The van der Waals surface area contributed by atoms with Crippen LogP contribution in [0.5, 0.6) is 0 Å². The number of ether oxygens (including phenoxy) is 1. The summed E-state index contributed by atoms with van der Waals surface area (Å²) in [5.41, 5.74) is 0.984. The second-order valence-electron chi connectivity index (χ2n) is 3.85. The molecular formula is C13H19BrN2OS. The number of nitrogens with one attached hydrogen (secondary N) is 2. The number of benzene rings is 1. The van der Waals surface area contributed by atoms with Crippen LogP contribution in [0.2, 0.25) is 0 Å². The van der Waals surface area contributed by atoms with Gasteiger partial charge in [-0.2, -0.15) is 0 Å². The van der Waals surface area contributed by atoms with Crippen LogP contribution >= 0.6 is 28.1 Å². The molecule has 0 atom stereocenters. The summed E-state index contributed by atoms with van der Waals surface area (Å²) in [5.74, 6) is 0. The monoisotopic (exact) mass is 330 g/mol. The third kappa shape index (κ3) is 6.93. The van der Waals surface area contributed by atoms with Gasteiger partial charge in [0.05, 0.1) is 0 Å². The molecule has 0 radical (unpaired) electrons. The molecule has 5 heteroatoms. The van der Waals surface area contributed by atoms with Crippen molar-refractivity contribution in [2.45, 2.75) is 19.8 Å². The molecule has 2 N–H and O–H groups in total. The van der Waals surface area contributed by atoms with Crippen LogP contribution in [0.1, 0.15) is 19.8 Å². The number of hydrogen-bond acceptors (Lipinski definition) is 2. The normalized spacial score (nSPS) is 10.1. The molecule has 18 heavy (non-hydrogen) atoms. The van der Waals surface area contributed by atoms with Gasteiger partial charge in [-0.1, -0.05) is 22.9 Å². The lowest BCUT2D eigenvalue weighted by atomic mass is 10.3. The zero-order chi connectivity index (χ0) is 13.2. The average molecular weight is 331 g/mol. The Bertz CT molecular complexity index is 357. The van der Waals surface area contributed by atoms with E-state index in [4.69, 9.17) is 17.0 Å². The molecule has 3 nitrogen and oxygen atoms in total. The highest BCUT2D eigenvalue weighted by Crippen LogP contribution is 2.13. The van der Waals surface area contributed by atoms with Crippen LogP contribution in [-0.2, 0) is 4.74 Å². The van der Waals surface area contributed by atoms with Crippen molar-refractivity contribution in [3.63, 3.8) is 0 Å². The van der Waals surface area contributed by atoms with E-state index < -0.39 is 0 Å². The predicted octanol–water partition coefficient (Wildman–Crippen LogP) is 3.55. The first kappa shape index (κ1) is 15.4. The standard InChI is InChI=1S/C13H19BrN2OS/c1-2-9-17-10-3-8-15-13(18)16-12-6-4-11(14)5-7-12/h4-7H,2-3,8-10H2,1H3,(H2,15,16,18). The lowest BCUT2D eigenvalue weighted by molar-refractivity contribution is 0.133. The third-order valence-electron chi connectivity index (χ3n) is 2.20. The van der Waals surface area contributed by atoms with Crippen molar-refractivity contribution in [2.75, 3.05) is 25.1 Å². The van der Waals surface area contributed by atoms with Gasteiger partial charge >= 0.3 is 0 Å². The molecule has 0 aliphatic carbocycles. The van der Waals surface area contributed by atoms with Crippen LogP contribution in [0.3, 0.4) is 0 Å². The largest absolute Gasteiger partial charge is 0.381 e. The number of rotatable bonds is 7. The summed E-state index contributed by atoms with van der Waals surface area (Å²) in [4.78, 5) is 0. The van der Waals surface area contributed by atoms with E-state index >= 15 is 0 Å². The number of hydrogen-bond donors (Lipinski definition) is 2. The van der Waals surface area contributed by atoms with Gasteiger partial charge in [0.2, 0.25) is 0 Å². The molecule has 0 spiro atoms. The molecule has 0 saturated carbocycles. The first-order valence-electron chi connectivity index (χ1n) is 6.10. The predicted molar refractivity (Wildman–Crippen MR) is 84.1 cm³/mol. The molecule has 1 aromatic carbocycles. The maximum Gasteiger partial charge on any atom is 0.170 e. The van der Waals surface area contributed by atoms with E-state index in [1.807, 2.05) is 24.3 Å². The van der Waals surface area contributed by atoms with Crippen LogP contribution in [0.4, 0.5) is 5.69 Å². The van der Waals surface area contributed by atoms with Crippen molar-refractivity contribution < 1.29 is 4.74 Å². The first-order valence-corrected chi connectivity index (χ1v) is 7.30. The minimum absolute atomic E-state index is 0.646. The summed E-state index contributed by atoms with van der Waals surface area (Å²) >= 11 is 8.59. The van der Waals surface area contributed by atoms with Crippen molar-refractivity contribution in [3.05, 3.63) is 28.7 Å². The highest BCUT2D eigenvalue weighted by molar-refractivity contribution is 9.10. The zero-order valence-corrected chi connectivity index (χ0v) is 12.9. The SMILES string of the molecule is CCCOCCCNC(=S)Nc1ccc(Br)cc1. The van der Waals surface area contributed by atoms with E-state index in [-0.39, 0.29) is 0 Å². The molecule has 1 rings (SSSR count). The number of halogens is 1. The van der Waals surface area contributed by atoms with E-state index in [1.165, 1.54) is 0 Å². The molecule has 0 amide bonds. The van der Waals surface area contributed by atoms with Gasteiger partial charge in [-0.25, -0.2) is 0 Å². The molecule has 0 heterocycles. The second kappa shape index (κ2) is 9.30. The quantitative estimate of drug-likeness (QED) is 0.591. The van der Waals surface area contributed by atoms with Crippen molar-refractivity contribution in [2.24, 2.45) is 0 Å². The van der Waals surface area contributed by atoms with Crippen molar-refractivity contribution in [1.29, 1.82) is 0 Å². The molecule has 0 bridgehead atoms. The van der Waals surface area contributed by atoms with Crippen LogP contribution < -0.4 is 10.6 Å². The molecule has 0 fully saturated rings.